The Morgan fingerprint density at radius 1 is 1.42 bits per heavy atom. The molecule has 0 fully saturated rings. The maximum atomic E-state index is 5.84. The Balaban J connectivity index is 3.24. The van der Waals surface area contributed by atoms with Crippen LogP contribution in [-0.4, -0.2) is 0 Å². The minimum Gasteiger partial charge on any atom is -0.0843 e. The van der Waals surface area contributed by atoms with Gasteiger partial charge in [-0.3, -0.25) is 0 Å². The maximum absolute atomic E-state index is 5.84. The van der Waals surface area contributed by atoms with Gasteiger partial charge in [0, 0.05) is 16.7 Å². The third-order valence-electron chi connectivity index (χ3n) is 1.75. The molecule has 0 unspecified atom stereocenters. The van der Waals surface area contributed by atoms with E-state index in [2.05, 4.69) is 18.7 Å². The molecule has 0 aliphatic carbocycles. The highest BCUT2D eigenvalue weighted by atomic mass is 35.5. The second kappa shape index (κ2) is 3.60. The first-order chi connectivity index (χ1) is 5.65. The molecule has 1 aromatic carbocycles. The van der Waals surface area contributed by atoms with Crippen LogP contribution in [0.2, 0.25) is 5.02 Å². The molecule has 0 radical (unpaired) electrons. The number of rotatable bonds is 1. The lowest BCUT2D eigenvalue weighted by Crippen LogP contribution is -1.86. The first-order valence-corrected chi connectivity index (χ1v) is 4.23. The Hall–Kier alpha value is -1.00. The summed E-state index contributed by atoms with van der Waals surface area (Å²) in [6.07, 6.45) is 0. The Morgan fingerprint density at radius 3 is 2.58 bits per heavy atom. The Labute approximate surface area is 77.8 Å². The third-order valence-corrected chi connectivity index (χ3v) is 1.99. The second-order valence-electron chi connectivity index (χ2n) is 2.99. The van der Waals surface area contributed by atoms with Crippen molar-refractivity contribution in [1.29, 1.82) is 0 Å². The SMILES string of the molecule is C#[N+]c1ccc(Cl)cc1C(C)C. The summed E-state index contributed by atoms with van der Waals surface area (Å²) >= 11 is 5.84. The van der Waals surface area contributed by atoms with Crippen molar-refractivity contribution in [3.8, 4) is 6.57 Å². The zero-order valence-corrected chi connectivity index (χ0v) is 7.97. The molecule has 0 aromatic heterocycles. The van der Waals surface area contributed by atoms with E-state index in [9.17, 15) is 0 Å². The minimum atomic E-state index is 0.394. The molecule has 62 valence electrons. The van der Waals surface area contributed by atoms with Gasteiger partial charge in [-0.15, -0.1) is 0 Å². The molecule has 0 aliphatic rings. The van der Waals surface area contributed by atoms with Gasteiger partial charge in [-0.1, -0.05) is 25.4 Å². The van der Waals surface area contributed by atoms with Gasteiger partial charge in [0.05, 0.1) is 0 Å². The second-order valence-corrected chi connectivity index (χ2v) is 3.42. The molecule has 0 amide bonds. The molecule has 2 heteroatoms. The number of halogens is 1. The van der Waals surface area contributed by atoms with Gasteiger partial charge in [0.25, 0.3) is 6.57 Å². The molecular weight excluding hydrogens is 170 g/mol. The lowest BCUT2D eigenvalue weighted by molar-refractivity contribution is 0.871. The van der Waals surface area contributed by atoms with Gasteiger partial charge in [0.2, 0.25) is 0 Å². The molecule has 0 saturated carbocycles. The molecule has 1 aromatic rings. The average molecular weight is 181 g/mol. The van der Waals surface area contributed by atoms with Crippen molar-refractivity contribution < 1.29 is 0 Å². The van der Waals surface area contributed by atoms with Gasteiger partial charge >= 0.3 is 5.69 Å². The molecule has 12 heavy (non-hydrogen) atoms. The molecule has 0 saturated heterocycles. The van der Waals surface area contributed by atoms with Gasteiger partial charge < -0.3 is 0 Å². The Bertz CT molecular complexity index is 323. The molecule has 0 bridgehead atoms. The summed E-state index contributed by atoms with van der Waals surface area (Å²) in [5.41, 5.74) is 1.90. The van der Waals surface area contributed by atoms with Crippen LogP contribution in [0, 0.1) is 6.57 Å². The van der Waals surface area contributed by atoms with Crippen molar-refractivity contribution in [3.05, 3.63) is 33.6 Å². The molecule has 0 atom stereocenters. The van der Waals surface area contributed by atoms with Crippen molar-refractivity contribution in [1.82, 2.24) is 0 Å². The van der Waals surface area contributed by atoms with E-state index >= 15 is 0 Å². The molecule has 1 rings (SSSR count). The van der Waals surface area contributed by atoms with Crippen LogP contribution in [0.3, 0.4) is 0 Å². The van der Waals surface area contributed by atoms with Crippen LogP contribution in [0.1, 0.15) is 25.3 Å². The van der Waals surface area contributed by atoms with Crippen LogP contribution in [0.4, 0.5) is 5.69 Å². The minimum absolute atomic E-state index is 0.394. The first kappa shape index (κ1) is 9.09. The van der Waals surface area contributed by atoms with E-state index in [1.807, 2.05) is 12.1 Å². The Kier molecular flexibility index (Phi) is 2.73. The van der Waals surface area contributed by atoms with Crippen molar-refractivity contribution in [2.75, 3.05) is 0 Å². The standard InChI is InChI=1S/C10H11ClN/c1-7(2)9-6-8(11)4-5-10(9)12-3/h3-7H,1-2H3/q+1. The predicted molar refractivity (Wildman–Crippen MR) is 53.5 cm³/mol. The highest BCUT2D eigenvalue weighted by Crippen LogP contribution is 2.29. The highest BCUT2D eigenvalue weighted by Gasteiger charge is 2.13. The normalized spacial score (nSPS) is 9.92. The van der Waals surface area contributed by atoms with Crippen molar-refractivity contribution in [2.24, 2.45) is 0 Å². The quantitative estimate of drug-likeness (QED) is 0.614. The topological polar surface area (TPSA) is 4.36 Å². The van der Waals surface area contributed by atoms with Crippen LogP contribution in [0.25, 0.3) is 4.85 Å². The van der Waals surface area contributed by atoms with Gasteiger partial charge in [0.15, 0.2) is 0 Å². The summed E-state index contributed by atoms with van der Waals surface area (Å²) < 4.78 is 0. The molecule has 0 heterocycles. The number of hydrogen-bond acceptors (Lipinski definition) is 0. The molecule has 0 aliphatic heterocycles. The van der Waals surface area contributed by atoms with E-state index in [-0.39, 0.29) is 0 Å². The van der Waals surface area contributed by atoms with Crippen molar-refractivity contribution >= 4 is 17.3 Å². The summed E-state index contributed by atoms with van der Waals surface area (Å²) in [5, 5.41) is 0.728. The summed E-state index contributed by atoms with van der Waals surface area (Å²) in [5.74, 6) is 0.394. The van der Waals surface area contributed by atoms with E-state index in [1.54, 1.807) is 6.07 Å². The van der Waals surface area contributed by atoms with Crippen LogP contribution in [0.5, 0.6) is 0 Å². The zero-order chi connectivity index (χ0) is 9.14. The summed E-state index contributed by atoms with van der Waals surface area (Å²) in [6, 6.07) is 5.52. The van der Waals surface area contributed by atoms with Crippen LogP contribution >= 0.6 is 11.6 Å². The molecule has 0 spiro atoms. The lowest BCUT2D eigenvalue weighted by Gasteiger charge is -2.01. The maximum Gasteiger partial charge on any atom is 0.343 e. The zero-order valence-electron chi connectivity index (χ0n) is 7.21. The van der Waals surface area contributed by atoms with Crippen LogP contribution in [0.15, 0.2) is 18.2 Å². The largest absolute Gasteiger partial charge is 0.343 e. The fourth-order valence-corrected chi connectivity index (χ4v) is 1.29. The average Bonchev–Trinajstić information content (AvgIpc) is 2.04. The van der Waals surface area contributed by atoms with Gasteiger partial charge in [-0.2, -0.15) is 0 Å². The first-order valence-electron chi connectivity index (χ1n) is 3.85. The predicted octanol–water partition coefficient (Wildman–Crippen LogP) is 4.06. The van der Waals surface area contributed by atoms with Crippen LogP contribution in [-0.2, 0) is 0 Å². The van der Waals surface area contributed by atoms with Gasteiger partial charge in [-0.25, -0.2) is 0 Å². The highest BCUT2D eigenvalue weighted by molar-refractivity contribution is 6.30. The summed E-state index contributed by atoms with van der Waals surface area (Å²) in [4.78, 5) is 3.67. The fraction of sp³-hybridized carbons (Fsp3) is 0.300. The van der Waals surface area contributed by atoms with Crippen LogP contribution < -0.4 is 0 Å². The molecule has 0 N–H and O–H groups in total. The lowest BCUT2D eigenvalue weighted by atomic mass is 10.0. The summed E-state index contributed by atoms with van der Waals surface area (Å²) in [7, 11) is 0. The number of nitrogens with zero attached hydrogens (tertiary/aromatic N) is 1. The molecule has 1 nitrogen and oxygen atoms in total. The number of hydrogen-bond donors (Lipinski definition) is 0. The fourth-order valence-electron chi connectivity index (χ4n) is 1.11. The van der Waals surface area contributed by atoms with E-state index in [4.69, 9.17) is 18.2 Å². The third kappa shape index (κ3) is 1.78. The Morgan fingerprint density at radius 2 is 2.08 bits per heavy atom. The summed E-state index contributed by atoms with van der Waals surface area (Å²) in [6.45, 7) is 9.39. The smallest absolute Gasteiger partial charge is 0.0843 e. The van der Waals surface area contributed by atoms with Gasteiger partial charge in [0.1, 0.15) is 0 Å². The van der Waals surface area contributed by atoms with E-state index in [1.165, 1.54) is 0 Å². The van der Waals surface area contributed by atoms with E-state index in [0.29, 0.717) is 5.92 Å². The monoisotopic (exact) mass is 180 g/mol. The van der Waals surface area contributed by atoms with E-state index in [0.717, 1.165) is 16.3 Å². The van der Waals surface area contributed by atoms with E-state index < -0.39 is 0 Å². The molecular formula is C10H11ClN+. The van der Waals surface area contributed by atoms with Gasteiger partial charge in [-0.05, 0) is 22.9 Å². The number of benzene rings is 1. The van der Waals surface area contributed by atoms with Crippen molar-refractivity contribution in [3.63, 3.8) is 0 Å². The van der Waals surface area contributed by atoms with Crippen molar-refractivity contribution in [2.45, 2.75) is 19.8 Å².